The summed E-state index contributed by atoms with van der Waals surface area (Å²) in [5.41, 5.74) is 14.2. The molecular weight excluding hydrogens is 605 g/mol. The smallest absolute Gasteiger partial charge is 0.192 e. The van der Waals surface area contributed by atoms with Gasteiger partial charge in [-0.2, -0.15) is 0 Å². The molecule has 1 aliphatic rings. The van der Waals surface area contributed by atoms with Crippen LogP contribution >= 0.6 is 0 Å². The monoisotopic (exact) mass is 642 g/mol. The van der Waals surface area contributed by atoms with Gasteiger partial charge in [0.05, 0.1) is 5.57 Å². The zero-order valence-electron chi connectivity index (χ0n) is 28.4. The first-order valence-corrected chi connectivity index (χ1v) is 17.4. The molecule has 1 heteroatoms. The minimum absolute atomic E-state index is 0.520. The van der Waals surface area contributed by atoms with Gasteiger partial charge < -0.3 is 4.74 Å². The summed E-state index contributed by atoms with van der Waals surface area (Å²) in [5, 5.41) is 2.29. The van der Waals surface area contributed by atoms with Crippen molar-refractivity contribution in [3.63, 3.8) is 0 Å². The van der Waals surface area contributed by atoms with Gasteiger partial charge in [-0.05, 0) is 56.6 Å². The largest absolute Gasteiger partial charge is 0.472 e. The van der Waals surface area contributed by atoms with Crippen LogP contribution in [0.4, 0.5) is 0 Å². The third kappa shape index (κ3) is 5.79. The number of benzene rings is 7. The van der Waals surface area contributed by atoms with E-state index in [1.165, 1.54) is 11.1 Å². The second-order valence-electron chi connectivity index (χ2n) is 13.2. The molecule has 0 saturated carbocycles. The maximum absolute atomic E-state index is 7.30. The molecule has 0 spiro atoms. The lowest BCUT2D eigenvalue weighted by atomic mass is 9.77. The molecule has 7 aromatic carbocycles. The fraction of sp³-hybridized carbons (Fsp3) is 0.0816. The molecule has 1 aliphatic heterocycles. The molecule has 0 saturated heterocycles. The molecule has 0 aromatic heterocycles. The molecule has 8 rings (SSSR count). The average molecular weight is 643 g/mol. The number of ether oxygens (including phenoxy) is 1. The predicted octanol–water partition coefficient (Wildman–Crippen LogP) is 12.6. The Morgan fingerprint density at radius 1 is 0.560 bits per heavy atom. The van der Waals surface area contributed by atoms with Crippen LogP contribution in [-0.4, -0.2) is 0 Å². The van der Waals surface area contributed by atoms with Crippen LogP contribution in [-0.2, 0) is 5.60 Å². The van der Waals surface area contributed by atoms with Crippen molar-refractivity contribution in [2.45, 2.75) is 25.4 Å². The van der Waals surface area contributed by atoms with Crippen molar-refractivity contribution in [2.24, 2.45) is 0 Å². The summed E-state index contributed by atoms with van der Waals surface area (Å²) in [7, 11) is 0. The van der Waals surface area contributed by atoms with Crippen LogP contribution in [0.15, 0.2) is 182 Å². The maximum atomic E-state index is 7.30. The molecule has 50 heavy (non-hydrogen) atoms. The third-order valence-electron chi connectivity index (χ3n) is 9.68. The second-order valence-corrected chi connectivity index (χ2v) is 13.2. The molecule has 0 atom stereocenters. The summed E-state index contributed by atoms with van der Waals surface area (Å²) in [6.45, 7) is 4.46. The minimum Gasteiger partial charge on any atom is -0.472 e. The Morgan fingerprint density at radius 2 is 1.08 bits per heavy atom. The zero-order valence-corrected chi connectivity index (χ0v) is 28.4. The first-order valence-electron chi connectivity index (χ1n) is 17.4. The SMILES string of the molecule is CC(C)c1ccc(/C=C/c2ccc3c4c(ccc3c2)OC(c2ccccc2)(c2ccccc2)C4=C=C(c2ccccc2)c2ccccc2)cc1. The van der Waals surface area contributed by atoms with Crippen molar-refractivity contribution in [1.29, 1.82) is 0 Å². The number of rotatable bonds is 7. The Bertz CT molecular complexity index is 2280. The number of hydrogen-bond donors (Lipinski definition) is 0. The van der Waals surface area contributed by atoms with Gasteiger partial charge in [-0.3, -0.25) is 0 Å². The van der Waals surface area contributed by atoms with Crippen molar-refractivity contribution in [1.82, 2.24) is 0 Å². The van der Waals surface area contributed by atoms with Crippen LogP contribution in [0.5, 0.6) is 5.75 Å². The van der Waals surface area contributed by atoms with Gasteiger partial charge in [0.25, 0.3) is 0 Å². The lowest BCUT2D eigenvalue weighted by molar-refractivity contribution is 0.192. The van der Waals surface area contributed by atoms with E-state index in [-0.39, 0.29) is 0 Å². The Hall–Kier alpha value is -6.14. The topological polar surface area (TPSA) is 9.23 Å². The molecule has 1 heterocycles. The van der Waals surface area contributed by atoms with Gasteiger partial charge in [-0.15, -0.1) is 5.73 Å². The summed E-state index contributed by atoms with van der Waals surface area (Å²) in [6, 6.07) is 62.2. The first kappa shape index (κ1) is 31.1. The van der Waals surface area contributed by atoms with E-state index in [1.54, 1.807) is 0 Å². The van der Waals surface area contributed by atoms with Crippen molar-refractivity contribution in [3.05, 3.63) is 226 Å². The van der Waals surface area contributed by atoms with Crippen molar-refractivity contribution in [2.75, 3.05) is 0 Å². The molecule has 0 N–H and O–H groups in total. The third-order valence-corrected chi connectivity index (χ3v) is 9.68. The van der Waals surface area contributed by atoms with Gasteiger partial charge >= 0.3 is 0 Å². The van der Waals surface area contributed by atoms with Gasteiger partial charge in [0, 0.05) is 22.3 Å². The molecule has 1 nitrogen and oxygen atoms in total. The summed E-state index contributed by atoms with van der Waals surface area (Å²) >= 11 is 0. The number of hydrogen-bond acceptors (Lipinski definition) is 1. The highest BCUT2D eigenvalue weighted by Crippen LogP contribution is 2.55. The van der Waals surface area contributed by atoms with Crippen LogP contribution in [0.3, 0.4) is 0 Å². The van der Waals surface area contributed by atoms with Crippen molar-refractivity contribution in [3.8, 4) is 5.75 Å². The van der Waals surface area contributed by atoms with Crippen LogP contribution in [0.25, 0.3) is 34.1 Å². The molecule has 0 amide bonds. The molecule has 7 aromatic rings. The molecular formula is C49H38O. The normalized spacial score (nSPS) is 13.3. The van der Waals surface area contributed by atoms with Gasteiger partial charge in [0.15, 0.2) is 5.60 Å². The highest BCUT2D eigenvalue weighted by atomic mass is 16.5. The lowest BCUT2D eigenvalue weighted by Crippen LogP contribution is -2.31. The Labute approximate surface area is 295 Å². The van der Waals surface area contributed by atoms with E-state index in [4.69, 9.17) is 4.74 Å². The second kappa shape index (κ2) is 13.4. The van der Waals surface area contributed by atoms with Crippen molar-refractivity contribution >= 4 is 34.1 Å². The highest BCUT2D eigenvalue weighted by molar-refractivity contribution is 6.03. The quantitative estimate of drug-likeness (QED) is 0.124. The van der Waals surface area contributed by atoms with Crippen LogP contribution < -0.4 is 4.74 Å². The molecule has 0 aliphatic carbocycles. The Morgan fingerprint density at radius 3 is 1.64 bits per heavy atom. The van der Waals surface area contributed by atoms with E-state index in [0.29, 0.717) is 5.92 Å². The first-order chi connectivity index (χ1) is 24.6. The van der Waals surface area contributed by atoms with E-state index >= 15 is 0 Å². The summed E-state index contributed by atoms with van der Waals surface area (Å²) in [5.74, 6) is 1.37. The van der Waals surface area contributed by atoms with Gasteiger partial charge in [0.2, 0.25) is 0 Å². The summed E-state index contributed by atoms with van der Waals surface area (Å²) in [4.78, 5) is 0. The number of fused-ring (bicyclic) bond motifs is 3. The molecule has 0 bridgehead atoms. The fourth-order valence-corrected chi connectivity index (χ4v) is 7.07. The van der Waals surface area contributed by atoms with Crippen LogP contribution in [0.2, 0.25) is 0 Å². The van der Waals surface area contributed by atoms with E-state index in [9.17, 15) is 0 Å². The Kier molecular flexibility index (Phi) is 8.35. The van der Waals surface area contributed by atoms with Crippen LogP contribution in [0, 0.1) is 0 Å². The van der Waals surface area contributed by atoms with E-state index in [0.717, 1.165) is 61.0 Å². The molecule has 0 radical (unpaired) electrons. The van der Waals surface area contributed by atoms with Gasteiger partial charge in [0.1, 0.15) is 5.75 Å². The average Bonchev–Trinajstić information content (AvgIpc) is 3.52. The van der Waals surface area contributed by atoms with E-state index in [1.807, 2.05) is 0 Å². The minimum atomic E-state index is -0.922. The lowest BCUT2D eigenvalue weighted by Gasteiger charge is -2.31. The molecule has 0 fully saturated rings. The molecule has 240 valence electrons. The zero-order chi connectivity index (χ0) is 33.9. The van der Waals surface area contributed by atoms with Crippen LogP contribution in [0.1, 0.15) is 64.3 Å². The maximum Gasteiger partial charge on any atom is 0.192 e. The molecule has 0 unspecified atom stereocenters. The van der Waals surface area contributed by atoms with E-state index in [2.05, 4.69) is 208 Å². The summed E-state index contributed by atoms with van der Waals surface area (Å²) < 4.78 is 7.30. The highest BCUT2D eigenvalue weighted by Gasteiger charge is 2.48. The fourth-order valence-electron chi connectivity index (χ4n) is 7.07. The van der Waals surface area contributed by atoms with E-state index < -0.39 is 5.60 Å². The van der Waals surface area contributed by atoms with Gasteiger partial charge in [-0.1, -0.05) is 190 Å². The van der Waals surface area contributed by atoms with Crippen molar-refractivity contribution < 1.29 is 4.74 Å². The standard InChI is InChI=1S/C49H38O/c1-35(2)38-28-25-36(26-29-38)23-24-37-27-31-44-41(33-37)30-32-47-48(44)46(34-45(39-15-7-3-8-16-39)40-17-9-4-10-18-40)49(50-47,42-19-11-5-12-20-42)43-21-13-6-14-22-43/h3-33,35H,1-2H3/b24-23+. The van der Waals surface area contributed by atoms with Gasteiger partial charge in [-0.25, -0.2) is 0 Å². The summed E-state index contributed by atoms with van der Waals surface area (Å²) in [6.07, 6.45) is 4.39. The predicted molar refractivity (Wildman–Crippen MR) is 210 cm³/mol. The Balaban J connectivity index is 1.39.